The molecule has 0 aliphatic heterocycles. The van der Waals surface area contributed by atoms with Crippen molar-refractivity contribution in [3.05, 3.63) is 22.7 Å². The van der Waals surface area contributed by atoms with Crippen LogP contribution in [0.2, 0.25) is 0 Å². The van der Waals surface area contributed by atoms with Gasteiger partial charge in [0.2, 0.25) is 0 Å². The Morgan fingerprint density at radius 3 is 2.89 bits per heavy atom. The quantitative estimate of drug-likeness (QED) is 0.840. The molecule has 0 aromatic carbocycles. The lowest BCUT2D eigenvalue weighted by Gasteiger charge is -2.15. The number of hydrogen-bond donors (Lipinski definition) is 1. The summed E-state index contributed by atoms with van der Waals surface area (Å²) >= 11 is 0. The Bertz CT molecular complexity index is 486. The Hall–Kier alpha value is -1.32. The highest BCUT2D eigenvalue weighted by atomic mass is 16.1. The molecule has 0 amide bonds. The van der Waals surface area contributed by atoms with E-state index in [-0.39, 0.29) is 5.56 Å². The Morgan fingerprint density at radius 2 is 2.28 bits per heavy atom. The average molecular weight is 247 g/mol. The van der Waals surface area contributed by atoms with Gasteiger partial charge in [-0.1, -0.05) is 13.3 Å². The first kappa shape index (κ1) is 11.8. The molecule has 0 bridgehead atoms. The summed E-state index contributed by atoms with van der Waals surface area (Å²) in [7, 11) is 0. The zero-order valence-corrected chi connectivity index (χ0v) is 11.0. The van der Waals surface area contributed by atoms with Crippen molar-refractivity contribution in [2.24, 2.45) is 5.41 Å². The van der Waals surface area contributed by atoms with Crippen molar-refractivity contribution in [2.45, 2.75) is 51.5 Å². The van der Waals surface area contributed by atoms with E-state index in [1.165, 1.54) is 25.7 Å². The Labute approximate surface area is 107 Å². The molecule has 4 nitrogen and oxygen atoms in total. The van der Waals surface area contributed by atoms with E-state index in [4.69, 9.17) is 0 Å². The molecule has 1 aromatic rings. The van der Waals surface area contributed by atoms with Crippen LogP contribution in [0.3, 0.4) is 0 Å². The molecular weight excluding hydrogens is 226 g/mol. The molecule has 2 saturated carbocycles. The summed E-state index contributed by atoms with van der Waals surface area (Å²) in [4.78, 5) is 16.4. The predicted molar refractivity (Wildman–Crippen MR) is 71.8 cm³/mol. The minimum absolute atomic E-state index is 0.0484. The molecule has 2 fully saturated rings. The number of aromatic nitrogens is 2. The standard InChI is InChI=1S/C14H21N3O/c1-2-5-14(6-7-14)10-16-12-13(18)17(9-8-15-12)11-3-4-11/h8-9,11H,2-7,10H2,1H3,(H,15,16). The van der Waals surface area contributed by atoms with Gasteiger partial charge in [-0.25, -0.2) is 4.98 Å². The third-order valence-corrected chi connectivity index (χ3v) is 4.18. The normalized spacial score (nSPS) is 20.7. The van der Waals surface area contributed by atoms with E-state index in [0.717, 1.165) is 19.4 Å². The fraction of sp³-hybridized carbons (Fsp3) is 0.714. The van der Waals surface area contributed by atoms with E-state index in [2.05, 4.69) is 17.2 Å². The summed E-state index contributed by atoms with van der Waals surface area (Å²) in [6.45, 7) is 3.12. The first-order valence-electron chi connectivity index (χ1n) is 7.05. The van der Waals surface area contributed by atoms with Crippen LogP contribution in [0.1, 0.15) is 51.5 Å². The maximum absolute atomic E-state index is 12.2. The van der Waals surface area contributed by atoms with Gasteiger partial charge in [-0.3, -0.25) is 4.79 Å². The Balaban J connectivity index is 1.69. The lowest BCUT2D eigenvalue weighted by atomic mass is 10.0. The highest BCUT2D eigenvalue weighted by Crippen LogP contribution is 2.49. The predicted octanol–water partition coefficient (Wildman–Crippen LogP) is 2.57. The molecule has 3 rings (SSSR count). The van der Waals surface area contributed by atoms with E-state index >= 15 is 0 Å². The highest BCUT2D eigenvalue weighted by molar-refractivity contribution is 5.32. The van der Waals surface area contributed by atoms with E-state index in [9.17, 15) is 4.79 Å². The van der Waals surface area contributed by atoms with Crippen molar-refractivity contribution in [2.75, 3.05) is 11.9 Å². The lowest BCUT2D eigenvalue weighted by molar-refractivity contribution is 0.484. The van der Waals surface area contributed by atoms with Gasteiger partial charge in [0, 0.05) is 25.0 Å². The highest BCUT2D eigenvalue weighted by Gasteiger charge is 2.41. The number of nitrogens with zero attached hydrogens (tertiary/aromatic N) is 2. The molecule has 1 heterocycles. The Kier molecular flexibility index (Phi) is 2.88. The SMILES string of the molecule is CCCC1(CNc2nccn(C3CC3)c2=O)CC1. The Morgan fingerprint density at radius 1 is 1.50 bits per heavy atom. The number of rotatable bonds is 6. The van der Waals surface area contributed by atoms with Crippen LogP contribution in [0.15, 0.2) is 17.2 Å². The zero-order chi connectivity index (χ0) is 12.6. The van der Waals surface area contributed by atoms with Crippen LogP contribution in [0.5, 0.6) is 0 Å². The summed E-state index contributed by atoms with van der Waals surface area (Å²) in [6, 6.07) is 0.423. The number of hydrogen-bond acceptors (Lipinski definition) is 3. The molecule has 0 unspecified atom stereocenters. The molecule has 98 valence electrons. The van der Waals surface area contributed by atoms with Crippen LogP contribution in [-0.2, 0) is 0 Å². The maximum Gasteiger partial charge on any atom is 0.293 e. The first-order valence-corrected chi connectivity index (χ1v) is 7.05. The van der Waals surface area contributed by atoms with Gasteiger partial charge in [-0.15, -0.1) is 0 Å². The van der Waals surface area contributed by atoms with Gasteiger partial charge < -0.3 is 9.88 Å². The van der Waals surface area contributed by atoms with Crippen LogP contribution in [0, 0.1) is 5.41 Å². The smallest absolute Gasteiger partial charge is 0.293 e. The summed E-state index contributed by atoms with van der Waals surface area (Å²) in [5.41, 5.74) is 0.496. The van der Waals surface area contributed by atoms with Gasteiger partial charge in [0.15, 0.2) is 5.82 Å². The van der Waals surface area contributed by atoms with E-state index < -0.39 is 0 Å². The fourth-order valence-electron chi connectivity index (χ4n) is 2.68. The topological polar surface area (TPSA) is 46.9 Å². The second-order valence-electron chi connectivity index (χ2n) is 5.82. The van der Waals surface area contributed by atoms with Crippen LogP contribution < -0.4 is 10.9 Å². The molecule has 0 radical (unpaired) electrons. The van der Waals surface area contributed by atoms with Gasteiger partial charge in [-0.05, 0) is 37.5 Å². The fourth-order valence-corrected chi connectivity index (χ4v) is 2.68. The summed E-state index contributed by atoms with van der Waals surface area (Å²) in [5.74, 6) is 0.534. The van der Waals surface area contributed by atoms with Crippen LogP contribution in [-0.4, -0.2) is 16.1 Å². The molecule has 18 heavy (non-hydrogen) atoms. The van der Waals surface area contributed by atoms with Gasteiger partial charge in [-0.2, -0.15) is 0 Å². The van der Waals surface area contributed by atoms with Crippen molar-refractivity contribution in [3.63, 3.8) is 0 Å². The molecule has 0 atom stereocenters. The molecule has 2 aliphatic carbocycles. The summed E-state index contributed by atoms with van der Waals surface area (Å²) in [5, 5.41) is 3.28. The van der Waals surface area contributed by atoms with Crippen molar-refractivity contribution in [1.29, 1.82) is 0 Å². The van der Waals surface area contributed by atoms with Gasteiger partial charge >= 0.3 is 0 Å². The zero-order valence-electron chi connectivity index (χ0n) is 11.0. The first-order chi connectivity index (χ1) is 8.74. The minimum Gasteiger partial charge on any atom is -0.365 e. The van der Waals surface area contributed by atoms with Crippen molar-refractivity contribution < 1.29 is 0 Å². The van der Waals surface area contributed by atoms with Crippen LogP contribution in [0.4, 0.5) is 5.82 Å². The molecule has 0 saturated heterocycles. The van der Waals surface area contributed by atoms with Crippen LogP contribution in [0.25, 0.3) is 0 Å². The van der Waals surface area contributed by atoms with E-state index in [1.807, 2.05) is 10.8 Å². The lowest BCUT2D eigenvalue weighted by Crippen LogP contribution is -2.26. The molecule has 4 heteroatoms. The summed E-state index contributed by atoms with van der Waals surface area (Å²) < 4.78 is 1.83. The van der Waals surface area contributed by atoms with Crippen molar-refractivity contribution in [3.8, 4) is 0 Å². The van der Waals surface area contributed by atoms with Gasteiger partial charge in [0.1, 0.15) is 0 Å². The van der Waals surface area contributed by atoms with Crippen molar-refractivity contribution in [1.82, 2.24) is 9.55 Å². The maximum atomic E-state index is 12.2. The molecule has 1 aromatic heterocycles. The third-order valence-electron chi connectivity index (χ3n) is 4.18. The molecular formula is C14H21N3O. The molecule has 1 N–H and O–H groups in total. The second-order valence-corrected chi connectivity index (χ2v) is 5.82. The number of anilines is 1. The monoisotopic (exact) mass is 247 g/mol. The van der Waals surface area contributed by atoms with Crippen molar-refractivity contribution >= 4 is 5.82 Å². The third kappa shape index (κ3) is 2.28. The summed E-state index contributed by atoms with van der Waals surface area (Å²) in [6.07, 6.45) is 10.9. The van der Waals surface area contributed by atoms with Crippen LogP contribution >= 0.6 is 0 Å². The van der Waals surface area contributed by atoms with E-state index in [1.54, 1.807) is 6.20 Å². The van der Waals surface area contributed by atoms with Gasteiger partial charge in [0.05, 0.1) is 0 Å². The second kappa shape index (κ2) is 4.41. The van der Waals surface area contributed by atoms with Gasteiger partial charge in [0.25, 0.3) is 5.56 Å². The minimum atomic E-state index is 0.0484. The largest absolute Gasteiger partial charge is 0.365 e. The number of nitrogens with one attached hydrogen (secondary N) is 1. The van der Waals surface area contributed by atoms with E-state index in [0.29, 0.717) is 17.3 Å². The molecule has 0 spiro atoms. The molecule has 2 aliphatic rings. The average Bonchev–Trinajstić information content (AvgIpc) is 3.24.